The maximum Gasteiger partial charge on any atom is 0.261 e. The Kier molecular flexibility index (Phi) is 10.3. The van der Waals surface area contributed by atoms with Gasteiger partial charge in [0.1, 0.15) is 5.75 Å². The van der Waals surface area contributed by atoms with Gasteiger partial charge >= 0.3 is 0 Å². The Morgan fingerprint density at radius 3 is 2.53 bits per heavy atom. The smallest absolute Gasteiger partial charge is 0.261 e. The molecule has 0 bridgehead atoms. The van der Waals surface area contributed by atoms with E-state index in [1.165, 1.54) is 5.19 Å². The standard InChI is InChI=1S/C38H48N4O6Si/c1-25-35(49(3,4)30-15-13-29(47-2)14-16-30)33(22-34(44)42(19-20-43)24-26-9-6-5-7-10-26)48-38(25)31-21-28(12-17-32(31)41-37(38)46)40-36(45)27-11-8-18-39-23-27/h5-7,9-10,12-17,21,25,27,33,35,39,43H,8,11,18-20,22-24H2,1-4H3,(H,40,45)(H,41,46)/t25-,27?,33+,35-,38+/m1/s1. The lowest BCUT2D eigenvalue weighted by atomic mass is 9.82. The molecule has 0 radical (unpaired) electrons. The minimum absolute atomic E-state index is 0.0457. The summed E-state index contributed by atoms with van der Waals surface area (Å²) in [5.74, 6) is -0.106. The monoisotopic (exact) mass is 684 g/mol. The lowest BCUT2D eigenvalue weighted by molar-refractivity contribution is -0.148. The van der Waals surface area contributed by atoms with E-state index in [2.05, 4.69) is 48.1 Å². The van der Waals surface area contributed by atoms with E-state index in [1.54, 1.807) is 12.0 Å². The minimum atomic E-state index is -2.47. The van der Waals surface area contributed by atoms with Crippen LogP contribution in [-0.2, 0) is 31.3 Å². The third kappa shape index (κ3) is 6.77. The zero-order chi connectivity index (χ0) is 34.8. The van der Waals surface area contributed by atoms with Crippen LogP contribution in [0.3, 0.4) is 0 Å². The average molecular weight is 685 g/mol. The highest BCUT2D eigenvalue weighted by Crippen LogP contribution is 2.59. The molecule has 6 rings (SSSR count). The van der Waals surface area contributed by atoms with Gasteiger partial charge in [-0.2, -0.15) is 0 Å². The molecule has 3 aromatic carbocycles. The second-order valence-corrected chi connectivity index (χ2v) is 18.8. The largest absolute Gasteiger partial charge is 0.497 e. The molecule has 3 heterocycles. The zero-order valence-electron chi connectivity index (χ0n) is 28.8. The molecule has 1 unspecified atom stereocenters. The molecule has 3 aromatic rings. The average Bonchev–Trinajstić information content (AvgIpc) is 3.57. The molecule has 3 aliphatic heterocycles. The lowest BCUT2D eigenvalue weighted by Gasteiger charge is -2.37. The molecule has 2 fully saturated rings. The van der Waals surface area contributed by atoms with Crippen LogP contribution in [0, 0.1) is 11.8 Å². The van der Waals surface area contributed by atoms with Crippen molar-refractivity contribution in [1.82, 2.24) is 10.2 Å². The van der Waals surface area contributed by atoms with Crippen LogP contribution in [0.15, 0.2) is 72.8 Å². The number of hydrogen-bond donors (Lipinski definition) is 4. The Bertz CT molecular complexity index is 1660. The third-order valence-electron chi connectivity index (χ3n) is 10.8. The van der Waals surface area contributed by atoms with Crippen LogP contribution in [0.1, 0.15) is 37.3 Å². The number of amides is 3. The first-order chi connectivity index (χ1) is 23.6. The molecule has 0 aliphatic carbocycles. The second kappa shape index (κ2) is 14.4. The van der Waals surface area contributed by atoms with E-state index in [0.29, 0.717) is 30.0 Å². The number of carbonyl (C=O) groups is 3. The van der Waals surface area contributed by atoms with E-state index in [0.717, 1.165) is 30.7 Å². The number of aliphatic hydroxyl groups is 1. The molecule has 2 saturated heterocycles. The van der Waals surface area contributed by atoms with E-state index in [4.69, 9.17) is 9.47 Å². The van der Waals surface area contributed by atoms with Gasteiger partial charge in [-0.15, -0.1) is 0 Å². The fourth-order valence-electron chi connectivity index (χ4n) is 8.25. The molecule has 1 spiro atoms. The Morgan fingerprint density at radius 2 is 1.86 bits per heavy atom. The second-order valence-electron chi connectivity index (χ2n) is 14.1. The molecule has 10 nitrogen and oxygen atoms in total. The van der Waals surface area contributed by atoms with Crippen molar-refractivity contribution in [2.45, 2.75) is 63.1 Å². The Morgan fingerprint density at radius 1 is 1.10 bits per heavy atom. The van der Waals surface area contributed by atoms with E-state index in [1.807, 2.05) is 60.7 Å². The van der Waals surface area contributed by atoms with Crippen LogP contribution in [-0.4, -0.2) is 75.3 Å². The van der Waals surface area contributed by atoms with Crippen LogP contribution < -0.4 is 25.9 Å². The maximum absolute atomic E-state index is 14.2. The number of nitrogens with one attached hydrogen (secondary N) is 3. The summed E-state index contributed by atoms with van der Waals surface area (Å²) in [6.07, 6.45) is 1.26. The van der Waals surface area contributed by atoms with Gasteiger partial charge in [-0.05, 0) is 60.8 Å². The Hall–Kier alpha value is -4.03. The highest BCUT2D eigenvalue weighted by atomic mass is 28.3. The van der Waals surface area contributed by atoms with Gasteiger partial charge in [0.05, 0.1) is 40.2 Å². The van der Waals surface area contributed by atoms with E-state index in [-0.39, 0.29) is 54.7 Å². The van der Waals surface area contributed by atoms with Crippen LogP contribution in [0.5, 0.6) is 5.75 Å². The quantitative estimate of drug-likeness (QED) is 0.223. The molecule has 5 atom stereocenters. The Labute approximate surface area is 289 Å². The minimum Gasteiger partial charge on any atom is -0.497 e. The van der Waals surface area contributed by atoms with E-state index < -0.39 is 19.8 Å². The maximum atomic E-state index is 14.2. The first-order valence-corrected chi connectivity index (χ1v) is 20.4. The fourth-order valence-corrected chi connectivity index (χ4v) is 12.3. The van der Waals surface area contributed by atoms with Crippen LogP contribution in [0.25, 0.3) is 0 Å². The van der Waals surface area contributed by atoms with Gasteiger partial charge in [-0.3, -0.25) is 14.4 Å². The summed E-state index contributed by atoms with van der Waals surface area (Å²) in [6, 6.07) is 23.3. The summed E-state index contributed by atoms with van der Waals surface area (Å²) in [6.45, 7) is 8.55. The molecule has 4 N–H and O–H groups in total. The van der Waals surface area contributed by atoms with E-state index in [9.17, 15) is 19.5 Å². The molecule has 3 aliphatic rings. The number of aliphatic hydroxyl groups excluding tert-OH is 1. The van der Waals surface area contributed by atoms with Crippen LogP contribution >= 0.6 is 0 Å². The molecule has 49 heavy (non-hydrogen) atoms. The Balaban J connectivity index is 1.36. The van der Waals surface area contributed by atoms with Gasteiger partial charge < -0.3 is 35.4 Å². The topological polar surface area (TPSA) is 129 Å². The number of hydrogen-bond acceptors (Lipinski definition) is 7. The molecule has 260 valence electrons. The molecule has 3 amide bonds. The predicted octanol–water partition coefficient (Wildman–Crippen LogP) is 4.21. The summed E-state index contributed by atoms with van der Waals surface area (Å²) in [5.41, 5.74) is 1.42. The van der Waals surface area contributed by atoms with Gasteiger partial charge in [0.15, 0.2) is 5.60 Å². The van der Waals surface area contributed by atoms with Crippen LogP contribution in [0.4, 0.5) is 11.4 Å². The summed E-state index contributed by atoms with van der Waals surface area (Å²) >= 11 is 0. The van der Waals surface area contributed by atoms with Gasteiger partial charge in [-0.25, -0.2) is 0 Å². The number of carbonyl (C=O) groups excluding carboxylic acids is 3. The van der Waals surface area contributed by atoms with Crippen molar-refractivity contribution < 1.29 is 29.0 Å². The normalized spacial score (nSPS) is 24.7. The van der Waals surface area contributed by atoms with E-state index >= 15 is 0 Å². The van der Waals surface area contributed by atoms with Gasteiger partial charge in [-0.1, -0.05) is 67.7 Å². The molecule has 11 heteroatoms. The lowest BCUT2D eigenvalue weighted by Crippen LogP contribution is -2.52. The summed E-state index contributed by atoms with van der Waals surface area (Å²) < 4.78 is 12.5. The van der Waals surface area contributed by atoms with Gasteiger partial charge in [0, 0.05) is 42.5 Å². The molecular weight excluding hydrogens is 637 g/mol. The number of piperidine rings is 1. The van der Waals surface area contributed by atoms with Crippen molar-refractivity contribution in [3.8, 4) is 5.75 Å². The number of methoxy groups -OCH3 is 1. The number of rotatable bonds is 11. The number of fused-ring (bicyclic) bond motifs is 2. The zero-order valence-corrected chi connectivity index (χ0v) is 29.8. The summed E-state index contributed by atoms with van der Waals surface area (Å²) in [7, 11) is -0.825. The number of benzene rings is 3. The van der Waals surface area contributed by atoms with Crippen molar-refractivity contribution in [2.24, 2.45) is 11.8 Å². The number of nitrogens with zero attached hydrogens (tertiary/aromatic N) is 1. The highest BCUT2D eigenvalue weighted by molar-refractivity contribution is 6.91. The highest BCUT2D eigenvalue weighted by Gasteiger charge is 2.65. The predicted molar refractivity (Wildman–Crippen MR) is 192 cm³/mol. The summed E-state index contributed by atoms with van der Waals surface area (Å²) in [4.78, 5) is 43.2. The van der Waals surface area contributed by atoms with Crippen molar-refractivity contribution in [1.29, 1.82) is 0 Å². The molecule has 0 saturated carbocycles. The number of anilines is 2. The summed E-state index contributed by atoms with van der Waals surface area (Å²) in [5, 5.41) is 20.5. The van der Waals surface area contributed by atoms with Crippen molar-refractivity contribution in [3.63, 3.8) is 0 Å². The number of ether oxygens (including phenoxy) is 2. The van der Waals surface area contributed by atoms with Gasteiger partial charge in [0.2, 0.25) is 11.8 Å². The molecular formula is C38H48N4O6Si. The fraction of sp³-hybridized carbons (Fsp3) is 0.447. The van der Waals surface area contributed by atoms with Gasteiger partial charge in [0.25, 0.3) is 5.91 Å². The van der Waals surface area contributed by atoms with Crippen LogP contribution in [0.2, 0.25) is 18.6 Å². The first-order valence-electron chi connectivity index (χ1n) is 17.3. The molecule has 0 aromatic heterocycles. The first kappa shape index (κ1) is 34.8. The van der Waals surface area contributed by atoms with Crippen molar-refractivity contribution >= 4 is 42.4 Å². The van der Waals surface area contributed by atoms with Crippen molar-refractivity contribution in [2.75, 3.05) is 44.0 Å². The van der Waals surface area contributed by atoms with Crippen molar-refractivity contribution in [3.05, 3.63) is 83.9 Å². The SMILES string of the molecule is COc1ccc([Si](C)(C)[C@H]2[C@H](CC(=O)N(CCO)Cc3ccccc3)O[C@@]3(C(=O)Nc4ccc(NC(=O)C5CCCNC5)cc43)[C@@H]2C)cc1. The third-order valence-corrected chi connectivity index (χ3v) is 15.2.